The van der Waals surface area contributed by atoms with Crippen molar-refractivity contribution in [1.29, 1.82) is 0 Å². The van der Waals surface area contributed by atoms with Crippen LogP contribution in [0.2, 0.25) is 0 Å². The number of ether oxygens (including phenoxy) is 1. The number of primary amides is 1. The number of nitrogens with two attached hydrogens (primary N) is 1. The zero-order valence-electron chi connectivity index (χ0n) is 24.6. The van der Waals surface area contributed by atoms with E-state index >= 15 is 0 Å². The molecule has 6 heterocycles. The van der Waals surface area contributed by atoms with Gasteiger partial charge in [0, 0.05) is 13.1 Å². The van der Waals surface area contributed by atoms with Crippen molar-refractivity contribution < 1.29 is 19.1 Å². The van der Waals surface area contributed by atoms with Crippen LogP contribution in [0.5, 0.6) is 0 Å². The molecule has 15 nitrogen and oxygen atoms in total. The molecule has 0 unspecified atom stereocenters. The van der Waals surface area contributed by atoms with Gasteiger partial charge in [0.05, 0.1) is 29.8 Å². The van der Waals surface area contributed by atoms with E-state index in [1.54, 1.807) is 4.90 Å². The lowest BCUT2D eigenvalue weighted by atomic mass is 9.91. The fourth-order valence-corrected chi connectivity index (χ4v) is 6.59. The number of guanidine groups is 2. The molecule has 3 amide bonds. The smallest absolute Gasteiger partial charge is 0.404 e. The Kier molecular flexibility index (Phi) is 9.65. The van der Waals surface area contributed by atoms with Crippen LogP contribution in [0.1, 0.15) is 13.3 Å². The number of carbonyl (C=O) groups excluding carboxylic acids is 3. The van der Waals surface area contributed by atoms with Gasteiger partial charge < -0.3 is 41.5 Å². The van der Waals surface area contributed by atoms with Crippen molar-refractivity contribution in [3.05, 3.63) is 49.1 Å². The second-order valence-corrected chi connectivity index (χ2v) is 15.7. The Bertz CT molecular complexity index is 1490. The Balaban J connectivity index is 0.000000186. The molecule has 2 spiro atoms. The van der Waals surface area contributed by atoms with Crippen LogP contribution in [-0.4, -0.2) is 102 Å². The lowest BCUT2D eigenvalue weighted by molar-refractivity contribution is -0.119. The van der Waals surface area contributed by atoms with E-state index in [4.69, 9.17) is 80.1 Å². The van der Waals surface area contributed by atoms with Gasteiger partial charge in [-0.1, -0.05) is 102 Å². The first-order valence-electron chi connectivity index (χ1n) is 14.1. The molecule has 2 fully saturated rings. The van der Waals surface area contributed by atoms with Crippen LogP contribution in [0.25, 0.3) is 0 Å². The summed E-state index contributed by atoms with van der Waals surface area (Å²) in [7, 11) is 0. The number of amides is 3. The van der Waals surface area contributed by atoms with Gasteiger partial charge in [0.25, 0.3) is 19.4 Å². The molecule has 0 radical (unpaired) electrons. The Morgan fingerprint density at radius 3 is 1.72 bits per heavy atom. The molecule has 0 aromatic carbocycles. The summed E-state index contributed by atoms with van der Waals surface area (Å²) in [5.41, 5.74) is 3.79. The Hall–Kier alpha value is -2.95. The lowest BCUT2D eigenvalue weighted by Crippen LogP contribution is -2.70. The molecule has 6 rings (SSSR count). The fourth-order valence-electron chi connectivity index (χ4n) is 6.30. The minimum absolute atomic E-state index is 0.0252. The van der Waals surface area contributed by atoms with Crippen LogP contribution < -0.4 is 37.6 Å². The molecule has 6 atom stereocenters. The minimum atomic E-state index is -2.15. The Morgan fingerprint density at radius 2 is 1.32 bits per heavy atom. The average molecular weight is 774 g/mol. The first-order chi connectivity index (χ1) is 21.9. The third-order valence-corrected chi connectivity index (χ3v) is 9.19. The van der Waals surface area contributed by atoms with Crippen LogP contribution in [0.3, 0.4) is 0 Å². The van der Waals surface area contributed by atoms with Gasteiger partial charge in [-0.3, -0.25) is 20.2 Å². The van der Waals surface area contributed by atoms with Crippen LogP contribution in [0.15, 0.2) is 59.1 Å². The van der Waals surface area contributed by atoms with Crippen LogP contribution in [0.4, 0.5) is 4.79 Å². The summed E-state index contributed by atoms with van der Waals surface area (Å²) in [5, 5.41) is 18.2. The van der Waals surface area contributed by atoms with Gasteiger partial charge in [0.15, 0.2) is 11.3 Å². The van der Waals surface area contributed by atoms with E-state index in [0.717, 1.165) is 12.2 Å². The van der Waals surface area contributed by atoms with Crippen molar-refractivity contribution in [2.45, 2.75) is 56.4 Å². The van der Waals surface area contributed by atoms with Gasteiger partial charge in [-0.2, -0.15) is 0 Å². The number of rotatable bonds is 3. The SMILES string of the molecule is C=C1N[C@H]2[C@H](CC)N=C(NC(=O)C(Cl)(Cl)Cl)N3CC=C[C@]23N1.C=C1N[C@H]2[C@H](COC(N)=O)N=C(NC(=O)C(Cl)(Cl)Cl)N3CC=C[C@]23N1. The summed E-state index contributed by atoms with van der Waals surface area (Å²) >= 11 is 33.8. The molecule has 8 N–H and O–H groups in total. The summed E-state index contributed by atoms with van der Waals surface area (Å²) in [6.45, 7) is 10.8. The number of halogens is 6. The Labute approximate surface area is 299 Å². The van der Waals surface area contributed by atoms with Crippen LogP contribution in [-0.2, 0) is 14.3 Å². The van der Waals surface area contributed by atoms with Crippen LogP contribution >= 0.6 is 69.6 Å². The molecule has 0 bridgehead atoms. The van der Waals surface area contributed by atoms with Gasteiger partial charge in [0.2, 0.25) is 11.9 Å². The second kappa shape index (κ2) is 12.8. The van der Waals surface area contributed by atoms with E-state index in [9.17, 15) is 14.4 Å². The molecule has 0 saturated carbocycles. The van der Waals surface area contributed by atoms with Gasteiger partial charge in [0.1, 0.15) is 12.6 Å². The van der Waals surface area contributed by atoms with Crippen molar-refractivity contribution in [3.8, 4) is 0 Å². The normalized spacial score (nSPS) is 31.3. The van der Waals surface area contributed by atoms with E-state index in [0.29, 0.717) is 24.9 Å². The number of alkyl halides is 6. The quantitative estimate of drug-likeness (QED) is 0.162. The predicted octanol–water partition coefficient (Wildman–Crippen LogP) is 1.13. The van der Waals surface area contributed by atoms with Crippen molar-refractivity contribution in [3.63, 3.8) is 0 Å². The standard InChI is InChI=1S/C13H15Cl3N6O3.C13H16Cl3N5O/c1-6-18-8-7(5-25-10(17)24)19-11(20-9(23)13(14,15)16)22-4-2-3-12(8,22)21-6;1-3-8-9-12(20-7(2)17-9)5-4-6-21(12)11(18-8)19-10(22)13(14,15)16/h2-3,7-8,18,21H,1,4-5H2,(H2,17,24)(H,19,20,23);4-5,8-9,17,20H,2-3,6H2,1H3,(H,18,19,22)/t7-,8-,12+;8-,9-,12+/m00/s1. The number of hydrogen-bond acceptors (Lipinski definition) is 12. The lowest BCUT2D eigenvalue weighted by Gasteiger charge is -2.45. The third kappa shape index (κ3) is 6.70. The first kappa shape index (κ1) is 35.4. The maximum Gasteiger partial charge on any atom is 0.404 e. The molecule has 47 heavy (non-hydrogen) atoms. The topological polar surface area (TPSA) is 190 Å². The van der Waals surface area contributed by atoms with Crippen molar-refractivity contribution in [2.24, 2.45) is 15.7 Å². The highest BCUT2D eigenvalue weighted by atomic mass is 35.6. The largest absolute Gasteiger partial charge is 0.447 e. The van der Waals surface area contributed by atoms with E-state index < -0.39 is 42.9 Å². The second-order valence-electron chi connectivity index (χ2n) is 11.1. The van der Waals surface area contributed by atoms with E-state index in [1.165, 1.54) is 0 Å². The number of aliphatic imine (C=N–C) groups is 2. The molecule has 6 aliphatic rings. The highest BCUT2D eigenvalue weighted by Gasteiger charge is 2.58. The van der Waals surface area contributed by atoms with E-state index in [1.807, 2.05) is 30.1 Å². The summed E-state index contributed by atoms with van der Waals surface area (Å²) in [5.74, 6) is 0.291. The van der Waals surface area contributed by atoms with Crippen LogP contribution in [0, 0.1) is 0 Å². The van der Waals surface area contributed by atoms with Crippen molar-refractivity contribution in [1.82, 2.24) is 41.7 Å². The van der Waals surface area contributed by atoms with Crippen molar-refractivity contribution >= 4 is 99.4 Å². The van der Waals surface area contributed by atoms with E-state index in [-0.39, 0.29) is 30.7 Å². The van der Waals surface area contributed by atoms with Gasteiger partial charge in [-0.05, 0) is 18.6 Å². The minimum Gasteiger partial charge on any atom is -0.447 e. The maximum atomic E-state index is 12.1. The summed E-state index contributed by atoms with van der Waals surface area (Å²) < 4.78 is 0.707. The highest BCUT2D eigenvalue weighted by molar-refractivity contribution is 6.77. The molecular formula is C26H31Cl6N11O4. The molecule has 6 aliphatic heterocycles. The van der Waals surface area contributed by atoms with Crippen molar-refractivity contribution in [2.75, 3.05) is 19.7 Å². The molecule has 2 saturated heterocycles. The number of nitrogens with zero attached hydrogens (tertiary/aromatic N) is 4. The molecule has 0 aliphatic carbocycles. The third-order valence-electron chi connectivity index (χ3n) is 8.16. The molecule has 21 heteroatoms. The molecule has 0 aromatic heterocycles. The number of carbonyl (C=O) groups is 3. The summed E-state index contributed by atoms with van der Waals surface area (Å²) in [6.07, 6.45) is 7.75. The maximum absolute atomic E-state index is 12.1. The number of nitrogens with one attached hydrogen (secondary N) is 6. The molecule has 256 valence electrons. The zero-order chi connectivity index (χ0) is 34.5. The monoisotopic (exact) mass is 771 g/mol. The first-order valence-corrected chi connectivity index (χ1v) is 16.4. The summed E-state index contributed by atoms with van der Waals surface area (Å²) in [4.78, 5) is 47.8. The van der Waals surface area contributed by atoms with E-state index in [2.05, 4.69) is 61.1 Å². The predicted molar refractivity (Wildman–Crippen MR) is 181 cm³/mol. The van der Waals surface area contributed by atoms with Gasteiger partial charge >= 0.3 is 6.09 Å². The fraction of sp³-hybridized carbons (Fsp3) is 0.500. The Morgan fingerprint density at radius 1 is 0.894 bits per heavy atom. The number of hydrogen-bond donors (Lipinski definition) is 7. The average Bonchev–Trinajstić information content (AvgIpc) is 3.74. The summed E-state index contributed by atoms with van der Waals surface area (Å²) in [6, 6.07) is -0.899. The molecular weight excluding hydrogens is 743 g/mol. The highest BCUT2D eigenvalue weighted by Crippen LogP contribution is 2.38. The van der Waals surface area contributed by atoms with Gasteiger partial charge in [-0.25, -0.2) is 14.8 Å². The zero-order valence-corrected chi connectivity index (χ0v) is 29.2. The van der Waals surface area contributed by atoms with Gasteiger partial charge in [-0.15, -0.1) is 0 Å². The molecule has 0 aromatic rings.